The Bertz CT molecular complexity index is 1520. The maximum absolute atomic E-state index is 13.5. The summed E-state index contributed by atoms with van der Waals surface area (Å²) in [6, 6.07) is 8.10. The van der Waals surface area contributed by atoms with Crippen molar-refractivity contribution in [3.63, 3.8) is 0 Å². The average Bonchev–Trinajstić information content (AvgIpc) is 3.54. The summed E-state index contributed by atoms with van der Waals surface area (Å²) >= 11 is 1.74. The monoisotopic (exact) mass is 497 g/mol. The molecule has 2 aromatic rings. The Morgan fingerprint density at radius 1 is 1.14 bits per heavy atom. The predicted molar refractivity (Wildman–Crippen MR) is 136 cm³/mol. The third-order valence-electron chi connectivity index (χ3n) is 8.36. The summed E-state index contributed by atoms with van der Waals surface area (Å²) in [5, 5.41) is 12.8. The van der Waals surface area contributed by atoms with Gasteiger partial charge in [0.25, 0.3) is 0 Å². The molecule has 0 saturated carbocycles. The van der Waals surface area contributed by atoms with Crippen LogP contribution >= 0.6 is 11.3 Å². The first-order valence-corrected chi connectivity index (χ1v) is 13.3. The number of benzene rings is 1. The van der Waals surface area contributed by atoms with E-state index in [9.17, 15) is 10.1 Å². The van der Waals surface area contributed by atoms with Crippen LogP contribution in [0.4, 0.5) is 10.0 Å². The highest BCUT2D eigenvalue weighted by molar-refractivity contribution is 7.21. The minimum absolute atomic E-state index is 0.0972. The number of nitrogens with two attached hydrogens (primary N) is 1. The molecule has 2 N–H and O–H groups in total. The summed E-state index contributed by atoms with van der Waals surface area (Å²) in [6.07, 6.45) is 4.29. The van der Waals surface area contributed by atoms with Crippen molar-refractivity contribution in [2.24, 2.45) is 10.7 Å². The molecule has 1 saturated heterocycles. The lowest BCUT2D eigenvalue weighted by atomic mass is 9.75. The van der Waals surface area contributed by atoms with Gasteiger partial charge in [-0.15, -0.1) is 0 Å². The summed E-state index contributed by atoms with van der Waals surface area (Å²) in [5.41, 5.74) is 11.9. The SMILES string of the molecule is N#CC1=C2N=C(N)c3c(sc4c3C3CCN4CC3)N2C2=C(C(=O)CCC2)C1c1ccc2c(c1)OCO2. The van der Waals surface area contributed by atoms with Gasteiger partial charge in [-0.25, -0.2) is 4.99 Å². The number of hydrogen-bond acceptors (Lipinski definition) is 9. The molecule has 9 heteroatoms. The van der Waals surface area contributed by atoms with Crippen molar-refractivity contribution in [1.29, 1.82) is 5.26 Å². The van der Waals surface area contributed by atoms with Crippen molar-refractivity contribution < 1.29 is 14.3 Å². The maximum atomic E-state index is 13.5. The van der Waals surface area contributed by atoms with Crippen LogP contribution in [0.5, 0.6) is 11.5 Å². The average molecular weight is 498 g/mol. The van der Waals surface area contributed by atoms with Gasteiger partial charge in [-0.3, -0.25) is 9.69 Å². The van der Waals surface area contributed by atoms with Gasteiger partial charge in [-0.2, -0.15) is 5.26 Å². The minimum atomic E-state index is -0.508. The van der Waals surface area contributed by atoms with Crippen LogP contribution in [0.25, 0.3) is 0 Å². The lowest BCUT2D eigenvalue weighted by Gasteiger charge is -2.41. The van der Waals surface area contributed by atoms with Gasteiger partial charge in [-0.1, -0.05) is 17.4 Å². The molecule has 1 aromatic heterocycles. The molecule has 6 aliphatic heterocycles. The molecule has 0 radical (unpaired) electrons. The molecular weight excluding hydrogens is 474 g/mol. The van der Waals surface area contributed by atoms with E-state index < -0.39 is 5.92 Å². The summed E-state index contributed by atoms with van der Waals surface area (Å²) in [6.45, 7) is 2.30. The number of anilines is 2. The molecule has 36 heavy (non-hydrogen) atoms. The van der Waals surface area contributed by atoms with Gasteiger partial charge >= 0.3 is 0 Å². The Kier molecular flexibility index (Phi) is 4.05. The van der Waals surface area contributed by atoms with Crippen LogP contribution in [0, 0.1) is 11.3 Å². The number of Topliss-reactive ketones (excluding diaryl/α,β-unsaturated/α-hetero) is 1. The van der Waals surface area contributed by atoms with E-state index in [1.807, 2.05) is 18.2 Å². The van der Waals surface area contributed by atoms with Crippen LogP contribution < -0.4 is 25.0 Å². The largest absolute Gasteiger partial charge is 0.454 e. The number of fused-ring (bicyclic) bond motifs is 7. The molecule has 1 unspecified atom stereocenters. The van der Waals surface area contributed by atoms with Gasteiger partial charge in [-0.05, 0) is 49.3 Å². The second-order valence-corrected chi connectivity index (χ2v) is 11.1. The van der Waals surface area contributed by atoms with Crippen molar-refractivity contribution in [3.05, 3.63) is 57.6 Å². The molecule has 1 fully saturated rings. The van der Waals surface area contributed by atoms with E-state index >= 15 is 0 Å². The number of hydrogen-bond donors (Lipinski definition) is 1. The van der Waals surface area contributed by atoms with E-state index in [0.717, 1.165) is 60.6 Å². The fourth-order valence-electron chi connectivity index (χ4n) is 6.78. The Morgan fingerprint density at radius 2 is 1.97 bits per heavy atom. The number of carbonyl (C=O) groups is 1. The molecule has 7 aliphatic rings. The third kappa shape index (κ3) is 2.52. The molecule has 0 amide bonds. The molecule has 0 spiro atoms. The summed E-state index contributed by atoms with van der Waals surface area (Å²) < 4.78 is 11.1. The normalized spacial score (nSPS) is 23.8. The van der Waals surface area contributed by atoms with E-state index in [4.69, 9.17) is 20.2 Å². The first-order chi connectivity index (χ1) is 17.6. The predicted octanol–water partition coefficient (Wildman–Crippen LogP) is 4.24. The van der Waals surface area contributed by atoms with Crippen molar-refractivity contribution in [2.45, 2.75) is 43.9 Å². The van der Waals surface area contributed by atoms with Crippen LogP contribution in [0.1, 0.15) is 60.6 Å². The molecule has 1 atom stereocenters. The van der Waals surface area contributed by atoms with Crippen LogP contribution in [0.3, 0.4) is 0 Å². The summed E-state index contributed by atoms with van der Waals surface area (Å²) in [4.78, 5) is 23.0. The molecule has 2 bridgehead atoms. The highest BCUT2D eigenvalue weighted by Gasteiger charge is 2.47. The van der Waals surface area contributed by atoms with Gasteiger partial charge in [0.15, 0.2) is 23.1 Å². The number of ketones is 1. The van der Waals surface area contributed by atoms with E-state index in [2.05, 4.69) is 15.9 Å². The van der Waals surface area contributed by atoms with Crippen molar-refractivity contribution in [1.82, 2.24) is 0 Å². The van der Waals surface area contributed by atoms with E-state index in [-0.39, 0.29) is 12.6 Å². The van der Waals surface area contributed by atoms with Crippen molar-refractivity contribution >= 4 is 33.0 Å². The van der Waals surface area contributed by atoms with Crippen molar-refractivity contribution in [3.8, 4) is 17.6 Å². The highest BCUT2D eigenvalue weighted by Crippen LogP contribution is 2.58. The number of allylic oxidation sites excluding steroid dienone is 3. The first-order valence-electron chi connectivity index (χ1n) is 12.5. The summed E-state index contributed by atoms with van der Waals surface area (Å²) in [5.74, 6) is 2.42. The van der Waals surface area contributed by atoms with E-state index in [0.29, 0.717) is 46.6 Å². The molecule has 9 rings (SSSR count). The fourth-order valence-corrected chi connectivity index (χ4v) is 8.26. The number of nitrogens with zero attached hydrogens (tertiary/aromatic N) is 4. The van der Waals surface area contributed by atoms with Gasteiger partial charge in [0.1, 0.15) is 10.8 Å². The number of thiophene rings is 1. The Balaban J connectivity index is 1.38. The number of aliphatic imine (C=N–C) groups is 1. The Labute approximate surface area is 211 Å². The lowest BCUT2D eigenvalue weighted by Crippen LogP contribution is -2.40. The number of rotatable bonds is 1. The first kappa shape index (κ1) is 20.4. The highest BCUT2D eigenvalue weighted by atomic mass is 32.1. The number of amidine groups is 1. The zero-order valence-electron chi connectivity index (χ0n) is 19.5. The van der Waals surface area contributed by atoms with Crippen molar-refractivity contribution in [2.75, 3.05) is 29.7 Å². The van der Waals surface area contributed by atoms with Crippen LogP contribution in [0.15, 0.2) is 45.9 Å². The van der Waals surface area contributed by atoms with Crippen LogP contribution in [-0.2, 0) is 4.79 Å². The van der Waals surface area contributed by atoms with Gasteiger partial charge < -0.3 is 20.1 Å². The van der Waals surface area contributed by atoms with Gasteiger partial charge in [0, 0.05) is 36.3 Å². The van der Waals surface area contributed by atoms with Gasteiger partial charge in [0.05, 0.1) is 28.1 Å². The van der Waals surface area contributed by atoms with E-state index in [1.54, 1.807) is 11.3 Å². The standard InChI is InChI=1S/C27H23N5O3S/c28-11-15-20(14-4-5-18-19(10-14)35-12-34-18)22-16(2-1-3-17(22)33)32-25(15)30-24(29)23-21-13-6-8-31(9-7-13)26(21)36-27(23)32/h4-5,10,13,20H,1-3,6-9,12H2,(H2,29,30). The van der Waals surface area contributed by atoms with Crippen LogP contribution in [0.2, 0.25) is 0 Å². The molecule has 180 valence electrons. The molecule has 8 nitrogen and oxygen atoms in total. The minimum Gasteiger partial charge on any atom is -0.454 e. The molecule has 1 aliphatic carbocycles. The second-order valence-electron chi connectivity index (χ2n) is 10.1. The fraction of sp³-hybridized carbons (Fsp3) is 0.370. The number of nitriles is 1. The Morgan fingerprint density at radius 3 is 2.81 bits per heavy atom. The zero-order chi connectivity index (χ0) is 24.1. The van der Waals surface area contributed by atoms with E-state index in [1.165, 1.54) is 10.6 Å². The van der Waals surface area contributed by atoms with Gasteiger partial charge in [0.2, 0.25) is 6.79 Å². The molecule has 1 aromatic carbocycles. The third-order valence-corrected chi connectivity index (χ3v) is 9.61. The smallest absolute Gasteiger partial charge is 0.231 e. The number of carbonyl (C=O) groups excluding carboxylic acids is 1. The number of ether oxygens (including phenoxy) is 2. The molecule has 7 heterocycles. The number of piperidine rings is 1. The quantitative estimate of drug-likeness (QED) is 0.628. The van der Waals surface area contributed by atoms with Crippen LogP contribution in [-0.4, -0.2) is 31.5 Å². The molecular formula is C27H23N5O3S. The zero-order valence-corrected chi connectivity index (χ0v) is 20.4. The topological polar surface area (TPSA) is 104 Å². The summed E-state index contributed by atoms with van der Waals surface area (Å²) in [7, 11) is 0. The lowest BCUT2D eigenvalue weighted by molar-refractivity contribution is -0.116. The maximum Gasteiger partial charge on any atom is 0.231 e. The Hall–Kier alpha value is -3.77. The second kappa shape index (κ2) is 7.14.